The Kier molecular flexibility index (Phi) is 4.71. The van der Waals surface area contributed by atoms with Gasteiger partial charge in [0.1, 0.15) is 6.04 Å². The lowest BCUT2D eigenvalue weighted by molar-refractivity contribution is -0.126. The largest absolute Gasteiger partial charge is 0.459 e. The summed E-state index contributed by atoms with van der Waals surface area (Å²) in [6.45, 7) is 4.77. The zero-order valence-electron chi connectivity index (χ0n) is 13.8. The first kappa shape index (κ1) is 16.1. The van der Waals surface area contributed by atoms with Crippen LogP contribution in [-0.4, -0.2) is 60.4 Å². The van der Waals surface area contributed by atoms with Crippen molar-refractivity contribution in [3.05, 3.63) is 24.2 Å². The van der Waals surface area contributed by atoms with Crippen molar-refractivity contribution >= 4 is 11.8 Å². The molecular weight excluding hydrogens is 294 g/mol. The molecule has 1 N–H and O–H groups in total. The highest BCUT2D eigenvalue weighted by Gasteiger charge is 2.37. The van der Waals surface area contributed by atoms with E-state index in [9.17, 15) is 9.59 Å². The summed E-state index contributed by atoms with van der Waals surface area (Å²) >= 11 is 0. The average Bonchev–Trinajstić information content (AvgIpc) is 3.20. The Morgan fingerprint density at radius 1 is 1.30 bits per heavy atom. The molecule has 6 nitrogen and oxygen atoms in total. The molecule has 2 amide bonds. The number of furan rings is 1. The van der Waals surface area contributed by atoms with Gasteiger partial charge in [-0.1, -0.05) is 6.92 Å². The number of likely N-dealkylation sites (tertiary alicyclic amines) is 2. The SMILES string of the molecule is C[C@@H]1CN(C)CC[C@@H]1NC(=O)[C@@H]1CCCN1C(=O)c1ccco1. The van der Waals surface area contributed by atoms with Crippen LogP contribution in [0, 0.1) is 5.92 Å². The smallest absolute Gasteiger partial charge is 0.290 e. The quantitative estimate of drug-likeness (QED) is 0.913. The van der Waals surface area contributed by atoms with Crippen LogP contribution in [-0.2, 0) is 4.79 Å². The molecule has 2 fully saturated rings. The fraction of sp³-hybridized carbons (Fsp3) is 0.647. The molecule has 0 saturated carbocycles. The number of nitrogens with zero attached hydrogens (tertiary/aromatic N) is 2. The standard InChI is InChI=1S/C17H25N3O3/c1-12-11-19(2)9-7-13(12)18-16(21)14-5-3-8-20(14)17(22)15-6-4-10-23-15/h4,6,10,12-14H,3,5,7-9,11H2,1-2H3,(H,18,21)/t12-,13+,14+/m1/s1. The van der Waals surface area contributed by atoms with E-state index in [2.05, 4.69) is 24.2 Å². The van der Waals surface area contributed by atoms with Gasteiger partial charge in [-0.15, -0.1) is 0 Å². The average molecular weight is 319 g/mol. The van der Waals surface area contributed by atoms with Crippen LogP contribution in [0.4, 0.5) is 0 Å². The molecule has 3 rings (SSSR count). The Morgan fingerprint density at radius 2 is 2.13 bits per heavy atom. The predicted octanol–water partition coefficient (Wildman–Crippen LogP) is 1.34. The fourth-order valence-corrected chi connectivity index (χ4v) is 3.67. The van der Waals surface area contributed by atoms with E-state index >= 15 is 0 Å². The minimum absolute atomic E-state index is 0.0243. The summed E-state index contributed by atoms with van der Waals surface area (Å²) in [6.07, 6.45) is 4.02. The summed E-state index contributed by atoms with van der Waals surface area (Å²) < 4.78 is 5.19. The van der Waals surface area contributed by atoms with Gasteiger partial charge in [-0.25, -0.2) is 0 Å². The second-order valence-electron chi connectivity index (χ2n) is 6.78. The molecule has 1 aromatic rings. The molecule has 2 aliphatic heterocycles. The predicted molar refractivity (Wildman–Crippen MR) is 86.0 cm³/mol. The van der Waals surface area contributed by atoms with E-state index in [-0.39, 0.29) is 23.9 Å². The van der Waals surface area contributed by atoms with E-state index in [0.29, 0.717) is 18.2 Å². The number of carbonyl (C=O) groups excluding carboxylic acids is 2. The van der Waals surface area contributed by atoms with Crippen LogP contribution in [0.15, 0.2) is 22.8 Å². The van der Waals surface area contributed by atoms with Crippen LogP contribution in [0.2, 0.25) is 0 Å². The molecule has 2 saturated heterocycles. The number of carbonyl (C=O) groups is 2. The maximum Gasteiger partial charge on any atom is 0.290 e. The van der Waals surface area contributed by atoms with Gasteiger partial charge in [-0.2, -0.15) is 0 Å². The maximum atomic E-state index is 12.7. The summed E-state index contributed by atoms with van der Waals surface area (Å²) in [6, 6.07) is 3.16. The lowest BCUT2D eigenvalue weighted by Gasteiger charge is -2.36. The molecule has 0 radical (unpaired) electrons. The number of hydrogen-bond acceptors (Lipinski definition) is 4. The van der Waals surface area contributed by atoms with Gasteiger partial charge in [-0.3, -0.25) is 9.59 Å². The molecule has 1 aromatic heterocycles. The van der Waals surface area contributed by atoms with Gasteiger partial charge < -0.3 is 19.5 Å². The molecule has 3 atom stereocenters. The van der Waals surface area contributed by atoms with Gasteiger partial charge in [0.2, 0.25) is 5.91 Å². The molecule has 0 unspecified atom stereocenters. The number of nitrogens with one attached hydrogen (secondary N) is 1. The first-order valence-corrected chi connectivity index (χ1v) is 8.39. The van der Waals surface area contributed by atoms with E-state index in [0.717, 1.165) is 32.4 Å². The third-order valence-electron chi connectivity index (χ3n) is 4.98. The van der Waals surface area contributed by atoms with E-state index < -0.39 is 0 Å². The molecule has 2 aliphatic rings. The molecule has 3 heterocycles. The van der Waals surface area contributed by atoms with E-state index in [4.69, 9.17) is 4.42 Å². The number of rotatable bonds is 3. The number of hydrogen-bond donors (Lipinski definition) is 1. The van der Waals surface area contributed by atoms with Gasteiger partial charge in [-0.05, 0) is 50.9 Å². The van der Waals surface area contributed by atoms with Crippen LogP contribution in [0.1, 0.15) is 36.7 Å². The van der Waals surface area contributed by atoms with Gasteiger partial charge in [0, 0.05) is 19.1 Å². The summed E-state index contributed by atoms with van der Waals surface area (Å²) in [5.41, 5.74) is 0. The second kappa shape index (κ2) is 6.74. The van der Waals surface area contributed by atoms with Crippen molar-refractivity contribution in [2.45, 2.75) is 38.3 Å². The minimum atomic E-state index is -0.376. The van der Waals surface area contributed by atoms with Gasteiger partial charge in [0.15, 0.2) is 5.76 Å². The van der Waals surface area contributed by atoms with Crippen molar-refractivity contribution in [1.29, 1.82) is 0 Å². The Balaban J connectivity index is 1.63. The van der Waals surface area contributed by atoms with Crippen LogP contribution < -0.4 is 5.32 Å². The normalized spacial score (nSPS) is 28.8. The maximum absolute atomic E-state index is 12.7. The fourth-order valence-electron chi connectivity index (χ4n) is 3.67. The van der Waals surface area contributed by atoms with E-state index in [1.54, 1.807) is 17.0 Å². The van der Waals surface area contributed by atoms with Crippen molar-refractivity contribution in [3.8, 4) is 0 Å². The summed E-state index contributed by atoms with van der Waals surface area (Å²) in [5.74, 6) is 0.513. The molecule has 0 spiro atoms. The van der Waals surface area contributed by atoms with Crippen LogP contribution >= 0.6 is 0 Å². The van der Waals surface area contributed by atoms with Crippen LogP contribution in [0.3, 0.4) is 0 Å². The Labute approximate surface area is 136 Å². The monoisotopic (exact) mass is 319 g/mol. The first-order valence-electron chi connectivity index (χ1n) is 8.39. The Hall–Kier alpha value is -1.82. The van der Waals surface area contributed by atoms with Gasteiger partial charge in [0.25, 0.3) is 5.91 Å². The number of piperidine rings is 1. The van der Waals surface area contributed by atoms with Crippen LogP contribution in [0.5, 0.6) is 0 Å². The zero-order chi connectivity index (χ0) is 16.4. The Morgan fingerprint density at radius 3 is 2.83 bits per heavy atom. The summed E-state index contributed by atoms with van der Waals surface area (Å²) in [4.78, 5) is 29.1. The summed E-state index contributed by atoms with van der Waals surface area (Å²) in [5, 5.41) is 3.17. The lowest BCUT2D eigenvalue weighted by atomic mass is 9.94. The van der Waals surface area contributed by atoms with E-state index in [1.807, 2.05) is 0 Å². The molecule has 0 aliphatic carbocycles. The van der Waals surface area contributed by atoms with Gasteiger partial charge in [0.05, 0.1) is 6.26 Å². The molecule has 0 bridgehead atoms. The molecule has 6 heteroatoms. The highest BCUT2D eigenvalue weighted by atomic mass is 16.3. The van der Waals surface area contributed by atoms with Crippen molar-refractivity contribution in [2.75, 3.05) is 26.7 Å². The van der Waals surface area contributed by atoms with Crippen LogP contribution in [0.25, 0.3) is 0 Å². The molecule has 126 valence electrons. The highest BCUT2D eigenvalue weighted by molar-refractivity contribution is 5.96. The van der Waals surface area contributed by atoms with Gasteiger partial charge >= 0.3 is 0 Å². The van der Waals surface area contributed by atoms with Crippen molar-refractivity contribution in [2.24, 2.45) is 5.92 Å². The zero-order valence-corrected chi connectivity index (χ0v) is 13.8. The topological polar surface area (TPSA) is 65.8 Å². The highest BCUT2D eigenvalue weighted by Crippen LogP contribution is 2.22. The summed E-state index contributed by atoms with van der Waals surface area (Å²) in [7, 11) is 2.11. The van der Waals surface area contributed by atoms with Crippen molar-refractivity contribution in [1.82, 2.24) is 15.1 Å². The van der Waals surface area contributed by atoms with Crippen molar-refractivity contribution in [3.63, 3.8) is 0 Å². The third kappa shape index (κ3) is 3.42. The molecular formula is C17H25N3O3. The third-order valence-corrected chi connectivity index (χ3v) is 4.98. The van der Waals surface area contributed by atoms with E-state index in [1.165, 1.54) is 6.26 Å². The Bertz CT molecular complexity index is 557. The molecule has 0 aromatic carbocycles. The first-order chi connectivity index (χ1) is 11.1. The minimum Gasteiger partial charge on any atom is -0.459 e. The van der Waals surface area contributed by atoms with Crippen molar-refractivity contribution < 1.29 is 14.0 Å². The number of amides is 2. The second-order valence-corrected chi connectivity index (χ2v) is 6.78. The molecule has 23 heavy (non-hydrogen) atoms. The lowest BCUT2D eigenvalue weighted by Crippen LogP contribution is -2.54.